The molecule has 0 aliphatic heterocycles. The first-order valence-corrected chi connectivity index (χ1v) is 6.25. The predicted molar refractivity (Wildman–Crippen MR) is 58.9 cm³/mol. The Kier molecular flexibility index (Phi) is 6.52. The van der Waals surface area contributed by atoms with E-state index in [9.17, 15) is 4.55 Å². The van der Waals surface area contributed by atoms with Crippen LogP contribution in [0.2, 0.25) is 0 Å². The van der Waals surface area contributed by atoms with Gasteiger partial charge in [0.25, 0.3) is 0 Å². The first-order valence-electron chi connectivity index (χ1n) is 3.49. The van der Waals surface area contributed by atoms with Gasteiger partial charge in [0.1, 0.15) is 0 Å². The van der Waals surface area contributed by atoms with Gasteiger partial charge in [-0.1, -0.05) is 44.8 Å². The van der Waals surface area contributed by atoms with E-state index in [0.29, 0.717) is 0 Å². The Morgan fingerprint density at radius 2 is 1.50 bits per heavy atom. The van der Waals surface area contributed by atoms with E-state index in [2.05, 4.69) is 35.0 Å². The van der Waals surface area contributed by atoms with Gasteiger partial charge in [-0.05, 0) is 19.1 Å². The molecule has 1 rings (SSSR count). The Morgan fingerprint density at radius 3 is 1.75 bits per heavy atom. The van der Waals surface area contributed by atoms with Gasteiger partial charge in [-0.15, -0.1) is 0 Å². The van der Waals surface area contributed by atoms with Crippen molar-refractivity contribution in [3.8, 4) is 0 Å². The fourth-order valence-corrected chi connectivity index (χ4v) is 0.798. The molecular weight excluding hydrogens is 236 g/mol. The van der Waals surface area contributed by atoms with Crippen molar-refractivity contribution in [3.63, 3.8) is 0 Å². The highest BCUT2D eigenvalue weighted by atomic mass is 79.9. The number of halogens is 1. The van der Waals surface area contributed by atoms with Gasteiger partial charge in [-0.25, -0.2) is 0 Å². The van der Waals surface area contributed by atoms with Crippen LogP contribution in [0, 0.1) is 6.92 Å². The molecular formula is C9H13BrOS. The molecule has 0 spiro atoms. The summed E-state index contributed by atoms with van der Waals surface area (Å²) in [6.07, 6.45) is 3.28. The molecule has 1 aromatic rings. The van der Waals surface area contributed by atoms with Crippen LogP contribution in [-0.4, -0.2) is 17.1 Å². The predicted octanol–water partition coefficient (Wildman–Crippen LogP) is 2.75. The molecule has 1 nitrogen and oxygen atoms in total. The Labute approximate surface area is 85.5 Å². The van der Waals surface area contributed by atoms with Crippen LogP contribution in [0.1, 0.15) is 5.56 Å². The normalized spacial score (nSPS) is 9.17. The molecule has 0 aliphatic carbocycles. The topological polar surface area (TPSA) is 23.1 Å². The van der Waals surface area contributed by atoms with E-state index < -0.39 is 11.2 Å². The molecule has 0 saturated carbocycles. The van der Waals surface area contributed by atoms with Crippen molar-refractivity contribution in [1.82, 2.24) is 0 Å². The van der Waals surface area contributed by atoms with Crippen molar-refractivity contribution in [1.29, 1.82) is 0 Å². The fraction of sp³-hybridized carbons (Fsp3) is 0.333. The monoisotopic (exact) mass is 248 g/mol. The molecule has 0 radical (unpaired) electrons. The molecule has 0 heterocycles. The summed E-state index contributed by atoms with van der Waals surface area (Å²) in [6.45, 7) is 2.08. The van der Waals surface area contributed by atoms with Crippen molar-refractivity contribution in [2.75, 3.05) is 12.5 Å². The maximum absolute atomic E-state index is 9.56. The maximum Gasteiger partial charge on any atom is 0.0946 e. The third kappa shape index (κ3) is 8.11. The quantitative estimate of drug-likeness (QED) is 0.648. The Hall–Kier alpha value is 0.01000. The van der Waals surface area contributed by atoms with Gasteiger partial charge in [0.15, 0.2) is 0 Å². The van der Waals surface area contributed by atoms with Crippen LogP contribution >= 0.6 is 15.9 Å². The molecule has 0 atom stereocenters. The van der Waals surface area contributed by atoms with Crippen LogP contribution in [-0.2, 0) is 11.2 Å². The summed E-state index contributed by atoms with van der Waals surface area (Å²) in [5.74, 6) is 0. The summed E-state index contributed by atoms with van der Waals surface area (Å²) in [7, 11) is 0. The summed E-state index contributed by atoms with van der Waals surface area (Å²) in [6, 6.07) is 8.22. The van der Waals surface area contributed by atoms with Crippen LogP contribution < -0.4 is 0 Å². The van der Waals surface area contributed by atoms with Gasteiger partial charge in [0, 0.05) is 4.47 Å². The van der Waals surface area contributed by atoms with E-state index in [1.165, 1.54) is 5.56 Å². The van der Waals surface area contributed by atoms with Gasteiger partial charge < -0.3 is 4.55 Å². The standard InChI is InChI=1S/C7H7Br.C2H6OS/c1-6-2-4-7(8)5-3-6;1-4(2)3/h2-5H,1H3;1-2H3. The van der Waals surface area contributed by atoms with Crippen molar-refractivity contribution < 1.29 is 4.55 Å². The van der Waals surface area contributed by atoms with Crippen molar-refractivity contribution in [2.45, 2.75) is 6.92 Å². The van der Waals surface area contributed by atoms with Crippen LogP contribution in [0.5, 0.6) is 0 Å². The van der Waals surface area contributed by atoms with E-state index in [0.717, 1.165) is 4.47 Å². The minimum atomic E-state index is -0.611. The highest BCUT2D eigenvalue weighted by molar-refractivity contribution is 9.10. The third-order valence-electron chi connectivity index (χ3n) is 1.01. The SMILES string of the molecule is C[S+](C)[O-].Cc1ccc(Br)cc1. The van der Waals surface area contributed by atoms with Crippen molar-refractivity contribution in [2.24, 2.45) is 0 Å². The lowest BCUT2D eigenvalue weighted by Crippen LogP contribution is -1.86. The minimum Gasteiger partial charge on any atom is -0.617 e. The lowest BCUT2D eigenvalue weighted by Gasteiger charge is -1.88. The third-order valence-corrected chi connectivity index (χ3v) is 1.54. The summed E-state index contributed by atoms with van der Waals surface area (Å²) in [5, 5.41) is 0. The van der Waals surface area contributed by atoms with Crippen LogP contribution in [0.15, 0.2) is 28.7 Å². The lowest BCUT2D eigenvalue weighted by molar-refractivity contribution is 0.606. The molecule has 0 bridgehead atoms. The Balaban J connectivity index is 0.000000261. The highest BCUT2D eigenvalue weighted by Gasteiger charge is 1.81. The fourth-order valence-electron chi connectivity index (χ4n) is 0.533. The van der Waals surface area contributed by atoms with Crippen LogP contribution in [0.3, 0.4) is 0 Å². The smallest absolute Gasteiger partial charge is 0.0946 e. The van der Waals surface area contributed by atoms with Crippen LogP contribution in [0.25, 0.3) is 0 Å². The largest absolute Gasteiger partial charge is 0.617 e. The minimum absolute atomic E-state index is 0.611. The van der Waals surface area contributed by atoms with E-state index in [1.807, 2.05) is 12.1 Å². The first-order chi connectivity index (χ1) is 5.52. The molecule has 12 heavy (non-hydrogen) atoms. The van der Waals surface area contributed by atoms with Crippen LogP contribution in [0.4, 0.5) is 0 Å². The zero-order valence-electron chi connectivity index (χ0n) is 7.50. The van der Waals surface area contributed by atoms with E-state index in [-0.39, 0.29) is 0 Å². The molecule has 0 aromatic heterocycles. The van der Waals surface area contributed by atoms with Gasteiger partial charge in [0.05, 0.1) is 12.5 Å². The average Bonchev–Trinajstić information content (AvgIpc) is 1.94. The van der Waals surface area contributed by atoms with Crippen molar-refractivity contribution in [3.05, 3.63) is 34.3 Å². The number of hydrogen-bond donors (Lipinski definition) is 0. The number of rotatable bonds is 0. The molecule has 0 unspecified atom stereocenters. The zero-order chi connectivity index (χ0) is 9.56. The number of benzene rings is 1. The maximum atomic E-state index is 9.56. The second-order valence-corrected chi connectivity index (χ2v) is 4.94. The molecule has 0 fully saturated rings. The second kappa shape index (κ2) is 6.52. The number of hydrogen-bond acceptors (Lipinski definition) is 1. The van der Waals surface area contributed by atoms with Gasteiger partial charge in [0.2, 0.25) is 0 Å². The lowest BCUT2D eigenvalue weighted by atomic mass is 10.2. The average molecular weight is 249 g/mol. The van der Waals surface area contributed by atoms with E-state index in [4.69, 9.17) is 0 Å². The van der Waals surface area contributed by atoms with Gasteiger partial charge >= 0.3 is 0 Å². The zero-order valence-corrected chi connectivity index (χ0v) is 9.91. The van der Waals surface area contributed by atoms with Gasteiger partial charge in [-0.3, -0.25) is 0 Å². The second-order valence-electron chi connectivity index (χ2n) is 2.54. The molecule has 0 saturated heterocycles. The van der Waals surface area contributed by atoms with Crippen molar-refractivity contribution >= 4 is 27.1 Å². The molecule has 0 aliphatic rings. The summed E-state index contributed by atoms with van der Waals surface area (Å²) in [4.78, 5) is 0. The number of aryl methyl sites for hydroxylation is 1. The first kappa shape index (κ1) is 12.0. The van der Waals surface area contributed by atoms with Gasteiger partial charge in [-0.2, -0.15) is 0 Å². The molecule has 1 aromatic carbocycles. The van der Waals surface area contributed by atoms with E-state index in [1.54, 1.807) is 12.5 Å². The summed E-state index contributed by atoms with van der Waals surface area (Å²) < 4.78 is 10.7. The molecule has 68 valence electrons. The molecule has 0 amide bonds. The highest BCUT2D eigenvalue weighted by Crippen LogP contribution is 2.08. The Bertz CT molecular complexity index is 185. The summed E-state index contributed by atoms with van der Waals surface area (Å²) >= 11 is 2.73. The summed E-state index contributed by atoms with van der Waals surface area (Å²) in [5.41, 5.74) is 1.30. The van der Waals surface area contributed by atoms with E-state index >= 15 is 0 Å². The molecule has 0 N–H and O–H groups in total. The Morgan fingerprint density at radius 1 is 1.17 bits per heavy atom. The molecule has 3 heteroatoms.